The number of anilines is 1. The molecule has 1 saturated heterocycles. The SMILES string of the molecule is CC(=O)Nc1ccc(SCC(=O)NC[C@H]2CCCO2)nn1. The number of carbonyl (C=O) groups excluding carboxylic acids is 2. The highest BCUT2D eigenvalue weighted by atomic mass is 32.2. The maximum absolute atomic E-state index is 11.7. The Morgan fingerprint density at radius 2 is 2.29 bits per heavy atom. The largest absolute Gasteiger partial charge is 0.376 e. The van der Waals surface area contributed by atoms with E-state index in [1.807, 2.05) is 0 Å². The summed E-state index contributed by atoms with van der Waals surface area (Å²) in [6.07, 6.45) is 2.21. The van der Waals surface area contributed by atoms with Gasteiger partial charge in [-0.25, -0.2) is 0 Å². The molecule has 1 aliphatic heterocycles. The van der Waals surface area contributed by atoms with Crippen LogP contribution in [-0.2, 0) is 14.3 Å². The van der Waals surface area contributed by atoms with Crippen molar-refractivity contribution >= 4 is 29.4 Å². The van der Waals surface area contributed by atoms with Gasteiger partial charge in [0, 0.05) is 20.1 Å². The summed E-state index contributed by atoms with van der Waals surface area (Å²) in [7, 11) is 0. The van der Waals surface area contributed by atoms with E-state index in [-0.39, 0.29) is 23.7 Å². The first-order chi connectivity index (χ1) is 10.1. The number of amides is 2. The van der Waals surface area contributed by atoms with E-state index in [2.05, 4.69) is 20.8 Å². The van der Waals surface area contributed by atoms with E-state index in [0.29, 0.717) is 17.4 Å². The molecule has 0 radical (unpaired) electrons. The summed E-state index contributed by atoms with van der Waals surface area (Å²) >= 11 is 1.30. The molecule has 0 aliphatic carbocycles. The van der Waals surface area contributed by atoms with Crippen molar-refractivity contribution in [3.8, 4) is 0 Å². The molecular formula is C13H18N4O3S. The number of ether oxygens (including phenoxy) is 1. The predicted octanol–water partition coefficient (Wildman–Crippen LogP) is 0.822. The molecule has 0 unspecified atom stereocenters. The second-order valence-electron chi connectivity index (χ2n) is 4.67. The number of aromatic nitrogens is 2. The summed E-state index contributed by atoms with van der Waals surface area (Å²) < 4.78 is 5.43. The number of rotatable bonds is 6. The molecule has 1 aromatic heterocycles. The number of thioether (sulfide) groups is 1. The minimum atomic E-state index is -0.196. The van der Waals surface area contributed by atoms with Gasteiger partial charge in [-0.1, -0.05) is 11.8 Å². The van der Waals surface area contributed by atoms with E-state index in [1.165, 1.54) is 18.7 Å². The molecule has 1 aliphatic rings. The van der Waals surface area contributed by atoms with Gasteiger partial charge >= 0.3 is 0 Å². The van der Waals surface area contributed by atoms with E-state index in [0.717, 1.165) is 19.4 Å². The van der Waals surface area contributed by atoms with E-state index in [4.69, 9.17) is 4.74 Å². The summed E-state index contributed by atoms with van der Waals surface area (Å²) in [4.78, 5) is 22.5. The van der Waals surface area contributed by atoms with Crippen LogP contribution >= 0.6 is 11.8 Å². The third kappa shape index (κ3) is 5.68. The fourth-order valence-corrected chi connectivity index (χ4v) is 2.51. The summed E-state index contributed by atoms with van der Waals surface area (Å²) in [5.41, 5.74) is 0. The lowest BCUT2D eigenvalue weighted by Gasteiger charge is -2.10. The Kier molecular flexibility index (Phi) is 5.94. The van der Waals surface area contributed by atoms with Crippen molar-refractivity contribution in [1.82, 2.24) is 15.5 Å². The maximum atomic E-state index is 11.7. The number of hydrogen-bond acceptors (Lipinski definition) is 6. The standard InChI is InChI=1S/C13H18N4O3S/c1-9(18)15-11-4-5-13(17-16-11)21-8-12(19)14-7-10-3-2-6-20-10/h4-5,10H,2-3,6-8H2,1H3,(H,14,19)(H,15,16,18)/t10-/m1/s1. The van der Waals surface area contributed by atoms with Crippen LogP contribution in [0.3, 0.4) is 0 Å². The Balaban J connectivity index is 1.69. The third-order valence-corrected chi connectivity index (χ3v) is 3.77. The Bertz CT molecular complexity index is 489. The highest BCUT2D eigenvalue weighted by molar-refractivity contribution is 7.99. The molecule has 1 aromatic rings. The average Bonchev–Trinajstić information content (AvgIpc) is 2.97. The van der Waals surface area contributed by atoms with Crippen molar-refractivity contribution in [2.75, 3.05) is 24.2 Å². The monoisotopic (exact) mass is 310 g/mol. The molecular weight excluding hydrogens is 292 g/mol. The molecule has 2 rings (SSSR count). The topological polar surface area (TPSA) is 93.2 Å². The molecule has 0 saturated carbocycles. The van der Waals surface area contributed by atoms with E-state index >= 15 is 0 Å². The Hall–Kier alpha value is -1.67. The quantitative estimate of drug-likeness (QED) is 0.756. The predicted molar refractivity (Wildman–Crippen MR) is 79.0 cm³/mol. The molecule has 7 nitrogen and oxygen atoms in total. The van der Waals surface area contributed by atoms with Crippen molar-refractivity contribution in [3.63, 3.8) is 0 Å². The summed E-state index contributed by atoms with van der Waals surface area (Å²) in [5.74, 6) is 0.428. The summed E-state index contributed by atoms with van der Waals surface area (Å²) in [6.45, 7) is 2.75. The zero-order valence-corrected chi connectivity index (χ0v) is 12.6. The first-order valence-corrected chi connectivity index (χ1v) is 7.74. The zero-order chi connectivity index (χ0) is 15.1. The first kappa shape index (κ1) is 15.7. The molecule has 114 valence electrons. The fraction of sp³-hybridized carbons (Fsp3) is 0.538. The van der Waals surface area contributed by atoms with E-state index in [9.17, 15) is 9.59 Å². The van der Waals surface area contributed by atoms with Crippen LogP contribution < -0.4 is 10.6 Å². The molecule has 1 atom stereocenters. The fourth-order valence-electron chi connectivity index (χ4n) is 1.87. The van der Waals surface area contributed by atoms with Crippen molar-refractivity contribution < 1.29 is 14.3 Å². The van der Waals surface area contributed by atoms with Gasteiger partial charge in [-0.2, -0.15) is 0 Å². The highest BCUT2D eigenvalue weighted by Crippen LogP contribution is 2.15. The number of carbonyl (C=O) groups is 2. The third-order valence-electron chi connectivity index (χ3n) is 2.85. The van der Waals surface area contributed by atoms with Crippen LogP contribution in [-0.4, -0.2) is 47.0 Å². The normalized spacial score (nSPS) is 17.5. The molecule has 1 fully saturated rings. The molecule has 8 heteroatoms. The van der Waals surface area contributed by atoms with Gasteiger partial charge in [-0.15, -0.1) is 10.2 Å². The van der Waals surface area contributed by atoms with Gasteiger partial charge in [-0.05, 0) is 25.0 Å². The van der Waals surface area contributed by atoms with Crippen LogP contribution in [0.2, 0.25) is 0 Å². The lowest BCUT2D eigenvalue weighted by atomic mass is 10.2. The highest BCUT2D eigenvalue weighted by Gasteiger charge is 2.16. The van der Waals surface area contributed by atoms with Gasteiger partial charge in [0.1, 0.15) is 5.03 Å². The van der Waals surface area contributed by atoms with Gasteiger partial charge in [0.15, 0.2) is 5.82 Å². The second-order valence-corrected chi connectivity index (χ2v) is 5.66. The molecule has 2 N–H and O–H groups in total. The average molecular weight is 310 g/mol. The molecule has 21 heavy (non-hydrogen) atoms. The minimum Gasteiger partial charge on any atom is -0.376 e. The van der Waals surface area contributed by atoms with Crippen molar-refractivity contribution in [2.24, 2.45) is 0 Å². The molecule has 0 aromatic carbocycles. The van der Waals surface area contributed by atoms with Gasteiger partial charge in [0.2, 0.25) is 11.8 Å². The number of nitrogens with zero attached hydrogens (tertiary/aromatic N) is 2. The van der Waals surface area contributed by atoms with Gasteiger partial charge in [0.05, 0.1) is 11.9 Å². The molecule has 0 spiro atoms. The lowest BCUT2D eigenvalue weighted by Crippen LogP contribution is -2.32. The lowest BCUT2D eigenvalue weighted by molar-refractivity contribution is -0.119. The van der Waals surface area contributed by atoms with E-state index in [1.54, 1.807) is 12.1 Å². The van der Waals surface area contributed by atoms with Crippen LogP contribution in [0.4, 0.5) is 5.82 Å². The van der Waals surface area contributed by atoms with Crippen molar-refractivity contribution in [1.29, 1.82) is 0 Å². The summed E-state index contributed by atoms with van der Waals surface area (Å²) in [6, 6.07) is 3.37. The van der Waals surface area contributed by atoms with E-state index < -0.39 is 0 Å². The van der Waals surface area contributed by atoms with Gasteiger partial charge in [0.25, 0.3) is 0 Å². The van der Waals surface area contributed by atoms with Gasteiger partial charge in [-0.3, -0.25) is 9.59 Å². The maximum Gasteiger partial charge on any atom is 0.230 e. The number of nitrogens with one attached hydrogen (secondary N) is 2. The Morgan fingerprint density at radius 1 is 1.43 bits per heavy atom. The van der Waals surface area contributed by atoms with Crippen molar-refractivity contribution in [2.45, 2.75) is 30.9 Å². The number of hydrogen-bond donors (Lipinski definition) is 2. The molecule has 0 bridgehead atoms. The zero-order valence-electron chi connectivity index (χ0n) is 11.8. The molecule has 2 heterocycles. The smallest absolute Gasteiger partial charge is 0.230 e. The Labute approximate surface area is 127 Å². The first-order valence-electron chi connectivity index (χ1n) is 6.76. The van der Waals surface area contributed by atoms with Gasteiger partial charge < -0.3 is 15.4 Å². The van der Waals surface area contributed by atoms with Crippen LogP contribution in [0, 0.1) is 0 Å². The van der Waals surface area contributed by atoms with Crippen LogP contribution in [0.15, 0.2) is 17.2 Å². The van der Waals surface area contributed by atoms with Crippen LogP contribution in [0.25, 0.3) is 0 Å². The van der Waals surface area contributed by atoms with Crippen molar-refractivity contribution in [3.05, 3.63) is 12.1 Å². The second kappa shape index (κ2) is 7.94. The minimum absolute atomic E-state index is 0.0526. The van der Waals surface area contributed by atoms with Crippen LogP contribution in [0.5, 0.6) is 0 Å². The molecule has 2 amide bonds. The summed E-state index contributed by atoms with van der Waals surface area (Å²) in [5, 5.41) is 13.8. The van der Waals surface area contributed by atoms with Crippen LogP contribution in [0.1, 0.15) is 19.8 Å². The Morgan fingerprint density at radius 3 is 2.90 bits per heavy atom.